The van der Waals surface area contributed by atoms with Gasteiger partial charge in [0.05, 0.1) is 5.60 Å². The molecule has 1 aromatic carbocycles. The van der Waals surface area contributed by atoms with Crippen LogP contribution < -0.4 is 5.32 Å². The van der Waals surface area contributed by atoms with Gasteiger partial charge in [-0.15, -0.1) is 0 Å². The molecule has 0 spiro atoms. The van der Waals surface area contributed by atoms with Gasteiger partial charge in [-0.25, -0.2) is 0 Å². The summed E-state index contributed by atoms with van der Waals surface area (Å²) < 4.78 is 0. The molecular formula is C12H16ClNO. The third-order valence-corrected chi connectivity index (χ3v) is 3.41. The minimum atomic E-state index is -0.521. The largest absolute Gasteiger partial charge is 0.389 e. The summed E-state index contributed by atoms with van der Waals surface area (Å²) in [6, 6.07) is 8.01. The van der Waals surface area contributed by atoms with Crippen molar-refractivity contribution in [2.45, 2.75) is 38.0 Å². The lowest BCUT2D eigenvalue weighted by atomic mass is 9.76. The monoisotopic (exact) mass is 225 g/mol. The fourth-order valence-corrected chi connectivity index (χ4v) is 2.00. The van der Waals surface area contributed by atoms with Crippen LogP contribution in [0.4, 0.5) is 0 Å². The van der Waals surface area contributed by atoms with E-state index in [1.54, 1.807) is 0 Å². The average Bonchev–Trinajstić information content (AvgIpc) is 2.20. The number of aliphatic hydroxyl groups is 1. The van der Waals surface area contributed by atoms with Crippen molar-refractivity contribution in [3.63, 3.8) is 0 Å². The van der Waals surface area contributed by atoms with Crippen LogP contribution in [0.3, 0.4) is 0 Å². The molecule has 0 amide bonds. The SMILES string of the molecule is C[C@]1(O)CC[C@@H]1NCc1ccc(Cl)cc1. The molecule has 0 saturated heterocycles. The van der Waals surface area contributed by atoms with Crippen molar-refractivity contribution in [2.24, 2.45) is 0 Å². The van der Waals surface area contributed by atoms with E-state index in [0.717, 1.165) is 24.4 Å². The quantitative estimate of drug-likeness (QED) is 0.828. The third-order valence-electron chi connectivity index (χ3n) is 3.16. The summed E-state index contributed by atoms with van der Waals surface area (Å²) in [7, 11) is 0. The highest BCUT2D eigenvalue weighted by molar-refractivity contribution is 6.30. The van der Waals surface area contributed by atoms with E-state index in [1.165, 1.54) is 5.56 Å². The van der Waals surface area contributed by atoms with Gasteiger partial charge < -0.3 is 10.4 Å². The van der Waals surface area contributed by atoms with Crippen LogP contribution in [0.5, 0.6) is 0 Å². The smallest absolute Gasteiger partial charge is 0.0772 e. The predicted molar refractivity (Wildman–Crippen MR) is 61.9 cm³/mol. The standard InChI is InChI=1S/C12H16ClNO/c1-12(15)7-6-11(12)14-8-9-2-4-10(13)5-3-9/h2-5,11,14-15H,6-8H2,1H3/t11-,12-/m0/s1. The predicted octanol–water partition coefficient (Wildman–Crippen LogP) is 2.34. The van der Waals surface area contributed by atoms with Gasteiger partial charge in [0.2, 0.25) is 0 Å². The molecule has 1 aliphatic rings. The first-order valence-corrected chi connectivity index (χ1v) is 5.66. The van der Waals surface area contributed by atoms with Crippen LogP contribution in [0.15, 0.2) is 24.3 Å². The minimum absolute atomic E-state index is 0.230. The number of hydrogen-bond donors (Lipinski definition) is 2. The molecule has 0 aromatic heterocycles. The van der Waals surface area contributed by atoms with Crippen LogP contribution in [-0.4, -0.2) is 16.7 Å². The Kier molecular flexibility index (Phi) is 3.01. The van der Waals surface area contributed by atoms with E-state index in [0.29, 0.717) is 0 Å². The molecule has 0 radical (unpaired) electrons. The Morgan fingerprint density at radius 2 is 2.13 bits per heavy atom. The molecule has 2 N–H and O–H groups in total. The lowest BCUT2D eigenvalue weighted by Crippen LogP contribution is -2.56. The highest BCUT2D eigenvalue weighted by Crippen LogP contribution is 2.31. The Bertz CT molecular complexity index is 334. The molecule has 0 heterocycles. The molecule has 1 saturated carbocycles. The maximum atomic E-state index is 9.81. The van der Waals surface area contributed by atoms with Crippen molar-refractivity contribution < 1.29 is 5.11 Å². The Morgan fingerprint density at radius 3 is 2.60 bits per heavy atom. The Hall–Kier alpha value is -0.570. The molecular weight excluding hydrogens is 210 g/mol. The summed E-state index contributed by atoms with van der Waals surface area (Å²) in [6.45, 7) is 2.67. The zero-order valence-corrected chi connectivity index (χ0v) is 9.59. The molecule has 2 nitrogen and oxygen atoms in total. The number of halogens is 1. The highest BCUT2D eigenvalue weighted by atomic mass is 35.5. The van der Waals surface area contributed by atoms with E-state index in [4.69, 9.17) is 11.6 Å². The lowest BCUT2D eigenvalue weighted by molar-refractivity contribution is -0.0523. The van der Waals surface area contributed by atoms with E-state index < -0.39 is 5.60 Å². The number of hydrogen-bond acceptors (Lipinski definition) is 2. The Labute approximate surface area is 95.3 Å². The Morgan fingerprint density at radius 1 is 1.47 bits per heavy atom. The van der Waals surface area contributed by atoms with Crippen LogP contribution in [0.2, 0.25) is 5.02 Å². The summed E-state index contributed by atoms with van der Waals surface area (Å²) in [4.78, 5) is 0. The molecule has 1 fully saturated rings. The molecule has 0 aliphatic heterocycles. The minimum Gasteiger partial charge on any atom is -0.389 e. The summed E-state index contributed by atoms with van der Waals surface area (Å²) in [5.41, 5.74) is 0.675. The van der Waals surface area contributed by atoms with Gasteiger partial charge in [-0.05, 0) is 37.5 Å². The van der Waals surface area contributed by atoms with Crippen molar-refractivity contribution >= 4 is 11.6 Å². The van der Waals surface area contributed by atoms with Crippen LogP contribution in [0.1, 0.15) is 25.3 Å². The molecule has 2 rings (SSSR count). The van der Waals surface area contributed by atoms with Crippen LogP contribution in [-0.2, 0) is 6.54 Å². The van der Waals surface area contributed by atoms with E-state index in [-0.39, 0.29) is 6.04 Å². The van der Waals surface area contributed by atoms with Gasteiger partial charge >= 0.3 is 0 Å². The summed E-state index contributed by atoms with van der Waals surface area (Å²) in [5, 5.41) is 13.9. The van der Waals surface area contributed by atoms with Gasteiger partial charge in [0.25, 0.3) is 0 Å². The zero-order chi connectivity index (χ0) is 10.9. The summed E-state index contributed by atoms with van der Waals surface area (Å²) >= 11 is 5.80. The zero-order valence-electron chi connectivity index (χ0n) is 8.83. The van der Waals surface area contributed by atoms with Crippen molar-refractivity contribution in [1.82, 2.24) is 5.32 Å². The normalized spacial score (nSPS) is 29.9. The molecule has 0 unspecified atom stereocenters. The topological polar surface area (TPSA) is 32.3 Å². The van der Waals surface area contributed by atoms with E-state index in [1.807, 2.05) is 31.2 Å². The molecule has 2 atom stereocenters. The second kappa shape index (κ2) is 4.12. The van der Waals surface area contributed by atoms with E-state index >= 15 is 0 Å². The number of benzene rings is 1. The van der Waals surface area contributed by atoms with E-state index in [9.17, 15) is 5.11 Å². The summed E-state index contributed by atoms with van der Waals surface area (Å²) in [5.74, 6) is 0. The Balaban J connectivity index is 1.86. The lowest BCUT2D eigenvalue weighted by Gasteiger charge is -2.43. The fourth-order valence-electron chi connectivity index (χ4n) is 1.87. The van der Waals surface area contributed by atoms with Crippen LogP contribution in [0, 0.1) is 0 Å². The van der Waals surface area contributed by atoms with Gasteiger partial charge in [-0.1, -0.05) is 23.7 Å². The van der Waals surface area contributed by atoms with Gasteiger partial charge in [0.15, 0.2) is 0 Å². The molecule has 1 aliphatic carbocycles. The maximum absolute atomic E-state index is 9.81. The molecule has 0 bridgehead atoms. The average molecular weight is 226 g/mol. The van der Waals surface area contributed by atoms with Crippen molar-refractivity contribution in [3.8, 4) is 0 Å². The third kappa shape index (κ3) is 2.51. The highest BCUT2D eigenvalue weighted by Gasteiger charge is 2.40. The van der Waals surface area contributed by atoms with Gasteiger partial charge in [0.1, 0.15) is 0 Å². The molecule has 15 heavy (non-hydrogen) atoms. The van der Waals surface area contributed by atoms with Gasteiger partial charge in [-0.3, -0.25) is 0 Å². The first kappa shape index (κ1) is 10.9. The second-order valence-corrected chi connectivity index (χ2v) is 4.89. The van der Waals surface area contributed by atoms with E-state index in [2.05, 4.69) is 5.32 Å². The van der Waals surface area contributed by atoms with Crippen LogP contribution >= 0.6 is 11.6 Å². The molecule has 1 aromatic rings. The van der Waals surface area contributed by atoms with Gasteiger partial charge in [0, 0.05) is 17.6 Å². The number of nitrogens with one attached hydrogen (secondary N) is 1. The van der Waals surface area contributed by atoms with Crippen LogP contribution in [0.25, 0.3) is 0 Å². The van der Waals surface area contributed by atoms with Crippen molar-refractivity contribution in [3.05, 3.63) is 34.9 Å². The summed E-state index contributed by atoms with van der Waals surface area (Å²) in [6.07, 6.45) is 1.95. The number of rotatable bonds is 3. The maximum Gasteiger partial charge on any atom is 0.0772 e. The first-order chi connectivity index (χ1) is 7.08. The van der Waals surface area contributed by atoms with Crippen molar-refractivity contribution in [2.75, 3.05) is 0 Å². The molecule has 3 heteroatoms. The van der Waals surface area contributed by atoms with Gasteiger partial charge in [-0.2, -0.15) is 0 Å². The fraction of sp³-hybridized carbons (Fsp3) is 0.500. The molecule has 82 valence electrons. The van der Waals surface area contributed by atoms with Crippen molar-refractivity contribution in [1.29, 1.82) is 0 Å². The first-order valence-electron chi connectivity index (χ1n) is 5.28. The second-order valence-electron chi connectivity index (χ2n) is 4.46.